The lowest BCUT2D eigenvalue weighted by Gasteiger charge is -2.12. The molecule has 0 atom stereocenters. The third-order valence-electron chi connectivity index (χ3n) is 5.55. The number of hydrogen-bond acceptors (Lipinski definition) is 4. The van der Waals surface area contributed by atoms with E-state index in [4.69, 9.17) is 11.6 Å². The van der Waals surface area contributed by atoms with E-state index in [0.29, 0.717) is 26.7 Å². The standard InChI is InChI=1S/C30H20ClF4N3O3S/c31-19-11-9-17(10-12-19)13-24(37-29(40)18-5-2-1-3-6-18)30(41)36-20-7-4-8-21(14-20)42-16-25(39)38-28-26(34)22(32)15-23(33)27(28)35/h1-15H,16H2,(H,36,41)(H,37,40)(H,38,39)/b24-13+. The summed E-state index contributed by atoms with van der Waals surface area (Å²) in [6.45, 7) is 0. The normalized spacial score (nSPS) is 11.1. The molecule has 0 saturated heterocycles. The van der Waals surface area contributed by atoms with Crippen LogP contribution in [0.3, 0.4) is 0 Å². The SMILES string of the molecule is O=C(CSc1cccc(NC(=O)/C(=C\c2ccc(Cl)cc2)NC(=O)c2ccccc2)c1)Nc1c(F)c(F)cc(F)c1F. The first-order chi connectivity index (χ1) is 20.1. The van der Waals surface area contributed by atoms with Gasteiger partial charge in [-0.3, -0.25) is 14.4 Å². The minimum atomic E-state index is -1.72. The van der Waals surface area contributed by atoms with Crippen molar-refractivity contribution in [3.05, 3.63) is 130 Å². The van der Waals surface area contributed by atoms with Crippen LogP contribution in [0.15, 0.2) is 95.5 Å². The third-order valence-corrected chi connectivity index (χ3v) is 6.79. The summed E-state index contributed by atoms with van der Waals surface area (Å²) in [5.41, 5.74) is -0.0404. The second-order valence-electron chi connectivity index (χ2n) is 8.59. The molecule has 0 radical (unpaired) electrons. The minimum absolute atomic E-state index is 0.0397. The van der Waals surface area contributed by atoms with Gasteiger partial charge in [-0.25, -0.2) is 17.6 Å². The smallest absolute Gasteiger partial charge is 0.272 e. The molecule has 4 aromatic carbocycles. The van der Waals surface area contributed by atoms with Gasteiger partial charge >= 0.3 is 0 Å². The van der Waals surface area contributed by atoms with Crippen molar-refractivity contribution < 1.29 is 31.9 Å². The van der Waals surface area contributed by atoms with Crippen molar-refractivity contribution in [2.45, 2.75) is 4.90 Å². The average molecular weight is 614 g/mol. The van der Waals surface area contributed by atoms with Crippen molar-refractivity contribution in [3.63, 3.8) is 0 Å². The van der Waals surface area contributed by atoms with Crippen LogP contribution in [0.1, 0.15) is 15.9 Å². The Morgan fingerprint density at radius 3 is 2.12 bits per heavy atom. The average Bonchev–Trinajstić information content (AvgIpc) is 2.98. The number of benzene rings is 4. The van der Waals surface area contributed by atoms with Gasteiger partial charge in [0.05, 0.1) is 5.75 Å². The molecule has 0 bridgehead atoms. The maximum atomic E-state index is 13.9. The predicted octanol–water partition coefficient (Wildman–Crippen LogP) is 7.04. The zero-order valence-electron chi connectivity index (χ0n) is 21.4. The Labute approximate surface area is 246 Å². The van der Waals surface area contributed by atoms with Crippen molar-refractivity contribution in [2.75, 3.05) is 16.4 Å². The van der Waals surface area contributed by atoms with E-state index in [1.54, 1.807) is 72.8 Å². The van der Waals surface area contributed by atoms with Crippen LogP contribution in [0.25, 0.3) is 6.08 Å². The van der Waals surface area contributed by atoms with Gasteiger partial charge < -0.3 is 16.0 Å². The van der Waals surface area contributed by atoms with Crippen LogP contribution in [0, 0.1) is 23.3 Å². The van der Waals surface area contributed by atoms with Gasteiger partial charge in [0.25, 0.3) is 11.8 Å². The molecule has 4 rings (SSSR count). The quantitative estimate of drug-likeness (QED) is 0.0818. The molecule has 0 unspecified atom stereocenters. The van der Waals surface area contributed by atoms with E-state index in [0.717, 1.165) is 11.8 Å². The lowest BCUT2D eigenvalue weighted by Crippen LogP contribution is -2.30. The van der Waals surface area contributed by atoms with E-state index in [-0.39, 0.29) is 17.5 Å². The van der Waals surface area contributed by atoms with Crippen LogP contribution in [-0.2, 0) is 9.59 Å². The molecular weight excluding hydrogens is 594 g/mol. The first kappa shape index (κ1) is 30.4. The molecule has 214 valence electrons. The van der Waals surface area contributed by atoms with E-state index in [1.165, 1.54) is 12.1 Å². The van der Waals surface area contributed by atoms with Gasteiger partial charge in [-0.15, -0.1) is 11.8 Å². The number of thioether (sulfide) groups is 1. The molecule has 0 aliphatic carbocycles. The fourth-order valence-electron chi connectivity index (χ4n) is 3.54. The molecule has 0 aromatic heterocycles. The Kier molecular flexibility index (Phi) is 10.00. The molecule has 12 heteroatoms. The van der Waals surface area contributed by atoms with Crippen molar-refractivity contribution in [2.24, 2.45) is 0 Å². The Morgan fingerprint density at radius 2 is 1.45 bits per heavy atom. The molecule has 6 nitrogen and oxygen atoms in total. The van der Waals surface area contributed by atoms with Crippen LogP contribution < -0.4 is 16.0 Å². The number of carbonyl (C=O) groups is 3. The summed E-state index contributed by atoms with van der Waals surface area (Å²) in [5, 5.41) is 7.63. The largest absolute Gasteiger partial charge is 0.321 e. The molecule has 0 fully saturated rings. The monoisotopic (exact) mass is 613 g/mol. The van der Waals surface area contributed by atoms with E-state index in [1.807, 2.05) is 5.32 Å². The van der Waals surface area contributed by atoms with Crippen LogP contribution in [-0.4, -0.2) is 23.5 Å². The van der Waals surface area contributed by atoms with E-state index in [9.17, 15) is 31.9 Å². The van der Waals surface area contributed by atoms with Crippen molar-refractivity contribution in [1.82, 2.24) is 5.32 Å². The summed E-state index contributed by atoms with van der Waals surface area (Å²) in [6.07, 6.45) is 1.48. The third kappa shape index (κ3) is 7.99. The van der Waals surface area contributed by atoms with Crippen LogP contribution >= 0.6 is 23.4 Å². The fourth-order valence-corrected chi connectivity index (χ4v) is 4.42. The maximum Gasteiger partial charge on any atom is 0.272 e. The maximum absolute atomic E-state index is 13.9. The van der Waals surface area contributed by atoms with Crippen LogP contribution in [0.2, 0.25) is 5.02 Å². The first-order valence-electron chi connectivity index (χ1n) is 12.1. The highest BCUT2D eigenvalue weighted by Gasteiger charge is 2.21. The van der Waals surface area contributed by atoms with Crippen LogP contribution in [0.4, 0.5) is 28.9 Å². The van der Waals surface area contributed by atoms with E-state index >= 15 is 0 Å². The number of anilines is 2. The van der Waals surface area contributed by atoms with Crippen molar-refractivity contribution in [3.8, 4) is 0 Å². The Morgan fingerprint density at radius 1 is 0.786 bits per heavy atom. The topological polar surface area (TPSA) is 87.3 Å². The zero-order valence-corrected chi connectivity index (χ0v) is 23.0. The fraction of sp³-hybridized carbons (Fsp3) is 0.0333. The number of rotatable bonds is 9. The van der Waals surface area contributed by atoms with Gasteiger partial charge in [0, 0.05) is 27.2 Å². The molecule has 4 aromatic rings. The second kappa shape index (κ2) is 13.8. The lowest BCUT2D eigenvalue weighted by atomic mass is 10.1. The van der Waals surface area contributed by atoms with Gasteiger partial charge in [-0.1, -0.05) is 48.0 Å². The zero-order chi connectivity index (χ0) is 30.2. The van der Waals surface area contributed by atoms with Crippen LogP contribution in [0.5, 0.6) is 0 Å². The Hall–Kier alpha value is -4.61. The van der Waals surface area contributed by atoms with Gasteiger partial charge in [0.1, 0.15) is 11.4 Å². The lowest BCUT2D eigenvalue weighted by molar-refractivity contribution is -0.114. The molecule has 42 heavy (non-hydrogen) atoms. The second-order valence-corrected chi connectivity index (χ2v) is 10.1. The number of hydrogen-bond donors (Lipinski definition) is 3. The molecule has 0 aliphatic rings. The molecular formula is C30H20ClF4N3O3S. The van der Waals surface area contributed by atoms with Gasteiger partial charge in [-0.2, -0.15) is 0 Å². The van der Waals surface area contributed by atoms with Crippen molar-refractivity contribution >= 4 is 58.5 Å². The predicted molar refractivity (Wildman–Crippen MR) is 154 cm³/mol. The summed E-state index contributed by atoms with van der Waals surface area (Å²) < 4.78 is 54.5. The molecule has 0 spiro atoms. The molecule has 3 amide bonds. The van der Waals surface area contributed by atoms with Crippen molar-refractivity contribution in [1.29, 1.82) is 0 Å². The summed E-state index contributed by atoms with van der Waals surface area (Å²) in [7, 11) is 0. The molecule has 0 saturated carbocycles. The minimum Gasteiger partial charge on any atom is -0.321 e. The summed E-state index contributed by atoms with van der Waals surface area (Å²) >= 11 is 6.89. The number of carbonyl (C=O) groups excluding carboxylic acids is 3. The molecule has 0 aliphatic heterocycles. The molecule has 0 heterocycles. The summed E-state index contributed by atoms with van der Waals surface area (Å²) in [6, 6.07) is 21.2. The molecule has 3 N–H and O–H groups in total. The number of nitrogens with one attached hydrogen (secondary N) is 3. The van der Waals surface area contributed by atoms with Gasteiger partial charge in [-0.05, 0) is 54.1 Å². The highest BCUT2D eigenvalue weighted by Crippen LogP contribution is 2.26. The number of amides is 3. The Balaban J connectivity index is 1.46. The highest BCUT2D eigenvalue weighted by atomic mass is 35.5. The summed E-state index contributed by atoms with van der Waals surface area (Å²) in [4.78, 5) is 38.7. The first-order valence-corrected chi connectivity index (χ1v) is 13.5. The summed E-state index contributed by atoms with van der Waals surface area (Å²) in [5.74, 6) is -9.19. The van der Waals surface area contributed by atoms with E-state index < -0.39 is 46.7 Å². The Bertz CT molecular complexity index is 1640. The van der Waals surface area contributed by atoms with E-state index in [2.05, 4.69) is 10.6 Å². The van der Waals surface area contributed by atoms with Gasteiger partial charge in [0.15, 0.2) is 23.3 Å². The highest BCUT2D eigenvalue weighted by molar-refractivity contribution is 8.00. The van der Waals surface area contributed by atoms with Gasteiger partial charge in [0.2, 0.25) is 5.91 Å². The number of halogens is 5.